The number of carbonyl (C=O) groups excluding carboxylic acids is 2. The molecule has 1 saturated heterocycles. The van der Waals surface area contributed by atoms with Crippen LogP contribution in [-0.2, 0) is 0 Å². The number of ketones is 1. The van der Waals surface area contributed by atoms with E-state index >= 15 is 0 Å². The molecule has 4 aromatic rings. The number of hydrogen-bond donors (Lipinski definition) is 3. The highest BCUT2D eigenvalue weighted by molar-refractivity contribution is 6.10. The molecule has 0 spiro atoms. The van der Waals surface area contributed by atoms with Crippen molar-refractivity contribution >= 4 is 40.0 Å². The highest BCUT2D eigenvalue weighted by Gasteiger charge is 2.15. The fraction of sp³-hybridized carbons (Fsp3) is 0.154. The zero-order valence-corrected chi connectivity index (χ0v) is 18.8. The first-order chi connectivity index (χ1) is 17.0. The number of amides is 2. The van der Waals surface area contributed by atoms with Crippen molar-refractivity contribution < 1.29 is 14.0 Å². The third kappa shape index (κ3) is 5.25. The van der Waals surface area contributed by atoms with Gasteiger partial charge in [0, 0.05) is 48.7 Å². The van der Waals surface area contributed by atoms with E-state index < -0.39 is 11.8 Å². The summed E-state index contributed by atoms with van der Waals surface area (Å²) in [5.74, 6) is 0.206. The van der Waals surface area contributed by atoms with Crippen molar-refractivity contribution in [1.29, 1.82) is 0 Å². The molecule has 0 bridgehead atoms. The number of fused-ring (bicyclic) bond motifs is 1. The molecule has 1 fully saturated rings. The summed E-state index contributed by atoms with van der Waals surface area (Å²) < 4.78 is 13.3. The molecule has 1 aromatic heterocycles. The molecule has 2 heterocycles. The van der Waals surface area contributed by atoms with Crippen molar-refractivity contribution in [2.24, 2.45) is 0 Å². The molecule has 3 N–H and O–H groups in total. The van der Waals surface area contributed by atoms with Crippen molar-refractivity contribution in [3.63, 3.8) is 0 Å². The molecule has 0 saturated carbocycles. The van der Waals surface area contributed by atoms with Crippen molar-refractivity contribution in [3.8, 4) is 0 Å². The van der Waals surface area contributed by atoms with E-state index in [2.05, 4.69) is 25.8 Å². The number of carbonyl (C=O) groups is 2. The lowest BCUT2D eigenvalue weighted by molar-refractivity contribution is 0.103. The van der Waals surface area contributed by atoms with E-state index in [0.717, 1.165) is 37.5 Å². The second-order valence-electron chi connectivity index (χ2n) is 8.16. The molecule has 5 rings (SSSR count). The Hall–Kier alpha value is -4.37. The van der Waals surface area contributed by atoms with Crippen LogP contribution in [0.15, 0.2) is 72.9 Å². The quantitative estimate of drug-likeness (QED) is 0.381. The number of nitrogens with zero attached hydrogens (tertiary/aromatic N) is 3. The van der Waals surface area contributed by atoms with Crippen molar-refractivity contribution in [1.82, 2.24) is 15.3 Å². The molecule has 35 heavy (non-hydrogen) atoms. The van der Waals surface area contributed by atoms with E-state index in [-0.39, 0.29) is 5.78 Å². The summed E-state index contributed by atoms with van der Waals surface area (Å²) >= 11 is 0. The van der Waals surface area contributed by atoms with Gasteiger partial charge >= 0.3 is 6.03 Å². The first-order valence-electron chi connectivity index (χ1n) is 11.3. The Morgan fingerprint density at radius 1 is 0.857 bits per heavy atom. The van der Waals surface area contributed by atoms with Crippen LogP contribution in [0.25, 0.3) is 11.0 Å². The lowest BCUT2D eigenvalue weighted by Gasteiger charge is -2.28. The van der Waals surface area contributed by atoms with E-state index in [4.69, 9.17) is 4.98 Å². The number of benzene rings is 3. The summed E-state index contributed by atoms with van der Waals surface area (Å²) in [4.78, 5) is 36.7. The molecule has 9 heteroatoms. The minimum absolute atomic E-state index is 0.156. The number of halogens is 1. The SMILES string of the molecule is O=C(Nc1ccc(C(=O)c2ccc3ncc(N4CCNCC4)nc3c2)cc1)Nc1cccc(F)c1. The van der Waals surface area contributed by atoms with Gasteiger partial charge in [0.2, 0.25) is 0 Å². The van der Waals surface area contributed by atoms with Crippen LogP contribution in [0.4, 0.5) is 26.4 Å². The minimum atomic E-state index is -0.511. The van der Waals surface area contributed by atoms with Gasteiger partial charge in [-0.3, -0.25) is 9.78 Å². The fourth-order valence-corrected chi connectivity index (χ4v) is 3.92. The Morgan fingerprint density at radius 3 is 2.37 bits per heavy atom. The number of rotatable bonds is 5. The van der Waals surface area contributed by atoms with Crippen LogP contribution < -0.4 is 20.9 Å². The monoisotopic (exact) mass is 470 g/mol. The summed E-state index contributed by atoms with van der Waals surface area (Å²) in [5, 5.41) is 8.55. The molecular formula is C26H23FN6O2. The highest BCUT2D eigenvalue weighted by atomic mass is 19.1. The smallest absolute Gasteiger partial charge is 0.323 e. The second-order valence-corrected chi connectivity index (χ2v) is 8.16. The third-order valence-corrected chi connectivity index (χ3v) is 5.72. The van der Waals surface area contributed by atoms with E-state index in [9.17, 15) is 14.0 Å². The van der Waals surface area contributed by atoms with Gasteiger partial charge < -0.3 is 20.9 Å². The molecule has 2 amide bonds. The molecule has 1 aliphatic heterocycles. The van der Waals surface area contributed by atoms with Gasteiger partial charge in [-0.05, 0) is 60.7 Å². The highest BCUT2D eigenvalue weighted by Crippen LogP contribution is 2.20. The van der Waals surface area contributed by atoms with E-state index in [0.29, 0.717) is 28.0 Å². The Balaban J connectivity index is 1.28. The molecule has 0 unspecified atom stereocenters. The fourth-order valence-electron chi connectivity index (χ4n) is 3.92. The first-order valence-corrected chi connectivity index (χ1v) is 11.3. The van der Waals surface area contributed by atoms with Gasteiger partial charge in [-0.1, -0.05) is 6.07 Å². The minimum Gasteiger partial charge on any atom is -0.353 e. The van der Waals surface area contributed by atoms with Crippen LogP contribution in [0.1, 0.15) is 15.9 Å². The summed E-state index contributed by atoms with van der Waals surface area (Å²) in [6.45, 7) is 3.52. The first kappa shape index (κ1) is 22.4. The molecular weight excluding hydrogens is 447 g/mol. The number of hydrogen-bond acceptors (Lipinski definition) is 6. The van der Waals surface area contributed by atoms with Crippen LogP contribution >= 0.6 is 0 Å². The Kier molecular flexibility index (Phi) is 6.32. The van der Waals surface area contributed by atoms with Crippen LogP contribution in [-0.4, -0.2) is 48.0 Å². The van der Waals surface area contributed by atoms with Gasteiger partial charge in [-0.25, -0.2) is 14.2 Å². The Bertz CT molecular complexity index is 1390. The predicted octanol–water partition coefficient (Wildman–Crippen LogP) is 4.05. The van der Waals surface area contributed by atoms with Crippen LogP contribution in [0, 0.1) is 5.82 Å². The van der Waals surface area contributed by atoms with Gasteiger partial charge in [0.25, 0.3) is 0 Å². The topological polar surface area (TPSA) is 99.2 Å². The summed E-state index contributed by atoms with van der Waals surface area (Å²) in [6, 6.07) is 17.0. The molecule has 8 nitrogen and oxygen atoms in total. The number of aromatic nitrogens is 2. The van der Waals surface area contributed by atoms with Gasteiger partial charge in [0.1, 0.15) is 11.6 Å². The van der Waals surface area contributed by atoms with Crippen molar-refractivity contribution in [2.75, 3.05) is 41.7 Å². The third-order valence-electron chi connectivity index (χ3n) is 5.72. The number of urea groups is 1. The average Bonchev–Trinajstić information content (AvgIpc) is 2.88. The van der Waals surface area contributed by atoms with E-state index in [1.54, 1.807) is 54.7 Å². The maximum Gasteiger partial charge on any atom is 0.323 e. The zero-order valence-electron chi connectivity index (χ0n) is 18.8. The molecule has 1 aliphatic rings. The average molecular weight is 471 g/mol. The standard InChI is InChI=1S/C26H23FN6O2/c27-19-2-1-3-21(15-19)31-26(35)30-20-7-4-17(5-8-20)25(34)18-6-9-22-23(14-18)32-24(16-29-22)33-12-10-28-11-13-33/h1-9,14-16,28H,10-13H2,(H2,30,31,35). The van der Waals surface area contributed by atoms with Gasteiger partial charge in [-0.2, -0.15) is 0 Å². The van der Waals surface area contributed by atoms with Gasteiger partial charge in [0.15, 0.2) is 5.78 Å². The summed E-state index contributed by atoms with van der Waals surface area (Å²) in [5.41, 5.74) is 3.22. The van der Waals surface area contributed by atoms with Crippen LogP contribution in [0.2, 0.25) is 0 Å². The lowest BCUT2D eigenvalue weighted by Crippen LogP contribution is -2.43. The number of nitrogens with one attached hydrogen (secondary N) is 3. The summed E-state index contributed by atoms with van der Waals surface area (Å²) in [7, 11) is 0. The molecule has 0 atom stereocenters. The summed E-state index contributed by atoms with van der Waals surface area (Å²) in [6.07, 6.45) is 1.77. The second kappa shape index (κ2) is 9.86. The maximum atomic E-state index is 13.3. The molecule has 3 aromatic carbocycles. The predicted molar refractivity (Wildman–Crippen MR) is 134 cm³/mol. The van der Waals surface area contributed by atoms with Gasteiger partial charge in [-0.15, -0.1) is 0 Å². The number of piperazine rings is 1. The largest absolute Gasteiger partial charge is 0.353 e. The molecule has 176 valence electrons. The zero-order chi connectivity index (χ0) is 24.2. The maximum absolute atomic E-state index is 13.3. The Labute approximate surface area is 201 Å². The van der Waals surface area contributed by atoms with Gasteiger partial charge in [0.05, 0.1) is 17.2 Å². The normalized spacial score (nSPS) is 13.5. The lowest BCUT2D eigenvalue weighted by atomic mass is 10.0. The van der Waals surface area contributed by atoms with Crippen LogP contribution in [0.5, 0.6) is 0 Å². The van der Waals surface area contributed by atoms with Crippen LogP contribution in [0.3, 0.4) is 0 Å². The number of anilines is 3. The van der Waals surface area contributed by atoms with E-state index in [1.807, 2.05) is 0 Å². The molecule has 0 aliphatic carbocycles. The molecule has 0 radical (unpaired) electrons. The van der Waals surface area contributed by atoms with Crippen molar-refractivity contribution in [2.45, 2.75) is 0 Å². The Morgan fingerprint density at radius 2 is 1.60 bits per heavy atom. The van der Waals surface area contributed by atoms with Crippen molar-refractivity contribution in [3.05, 3.63) is 89.9 Å². The van der Waals surface area contributed by atoms with E-state index in [1.165, 1.54) is 18.2 Å².